The number of nitrogens with zero attached hydrogens (tertiary/aromatic N) is 2. The monoisotopic (exact) mass is 313 g/mol. The second-order valence-corrected chi connectivity index (χ2v) is 5.06. The van der Waals surface area contributed by atoms with Crippen LogP contribution >= 0.6 is 0 Å². The molecule has 0 spiro atoms. The third-order valence-electron chi connectivity index (χ3n) is 3.55. The van der Waals surface area contributed by atoms with Crippen LogP contribution in [0.2, 0.25) is 0 Å². The molecule has 118 valence electrons. The Bertz CT molecular complexity index is 828. The van der Waals surface area contributed by atoms with Crippen molar-refractivity contribution in [2.75, 3.05) is 18.9 Å². The van der Waals surface area contributed by atoms with Crippen LogP contribution in [-0.2, 0) is 6.42 Å². The molecule has 3 N–H and O–H groups in total. The molecule has 0 saturated heterocycles. The summed E-state index contributed by atoms with van der Waals surface area (Å²) in [4.78, 5) is 14.4. The fourth-order valence-electron chi connectivity index (χ4n) is 2.37. The maximum absolute atomic E-state index is 13.2. The number of nitrogens with one attached hydrogen (secondary N) is 3. The largest absolute Gasteiger partial charge is 0.368 e. The number of rotatable bonds is 5. The van der Waals surface area contributed by atoms with Crippen LogP contribution in [0.1, 0.15) is 16.1 Å². The van der Waals surface area contributed by atoms with Crippen LogP contribution in [0.25, 0.3) is 10.9 Å². The highest BCUT2D eigenvalue weighted by atomic mass is 19.1. The van der Waals surface area contributed by atoms with E-state index in [1.54, 1.807) is 25.2 Å². The van der Waals surface area contributed by atoms with Gasteiger partial charge in [-0.1, -0.05) is 0 Å². The highest BCUT2D eigenvalue weighted by Gasteiger charge is 2.06. The number of carbonyl (C=O) groups excluding carboxylic acids is 1. The Labute approximate surface area is 132 Å². The first-order chi connectivity index (χ1) is 11.2. The van der Waals surface area contributed by atoms with Crippen molar-refractivity contribution in [1.29, 1.82) is 0 Å². The van der Waals surface area contributed by atoms with E-state index >= 15 is 0 Å². The van der Waals surface area contributed by atoms with Gasteiger partial charge in [-0.2, -0.15) is 0 Å². The Balaban J connectivity index is 1.61. The molecule has 3 aromatic rings. The molecule has 23 heavy (non-hydrogen) atoms. The van der Waals surface area contributed by atoms with E-state index in [4.69, 9.17) is 0 Å². The van der Waals surface area contributed by atoms with Gasteiger partial charge in [0.15, 0.2) is 5.69 Å². The van der Waals surface area contributed by atoms with Crippen molar-refractivity contribution in [2.24, 2.45) is 0 Å². The lowest BCUT2D eigenvalue weighted by molar-refractivity contribution is 0.0957. The van der Waals surface area contributed by atoms with E-state index < -0.39 is 0 Å². The molecule has 0 aliphatic rings. The lowest BCUT2D eigenvalue weighted by Gasteiger charge is -2.05. The number of fused-ring (bicyclic) bond motifs is 1. The average molecular weight is 313 g/mol. The SMILES string of the molecule is CNC(=O)c1ccc(NCCc2c[nH]c3cc(F)ccc23)nn1. The summed E-state index contributed by atoms with van der Waals surface area (Å²) in [5.41, 5.74) is 2.16. The fraction of sp³-hybridized carbons (Fsp3) is 0.188. The molecule has 6 nitrogen and oxygen atoms in total. The normalized spacial score (nSPS) is 10.7. The fourth-order valence-corrected chi connectivity index (χ4v) is 2.37. The number of anilines is 1. The Morgan fingerprint density at radius 1 is 1.26 bits per heavy atom. The van der Waals surface area contributed by atoms with Crippen LogP contribution in [0.15, 0.2) is 36.5 Å². The number of benzene rings is 1. The minimum absolute atomic E-state index is 0.254. The molecule has 1 amide bonds. The predicted molar refractivity (Wildman–Crippen MR) is 85.9 cm³/mol. The first-order valence-electron chi connectivity index (χ1n) is 7.22. The molecule has 2 heterocycles. The summed E-state index contributed by atoms with van der Waals surface area (Å²) >= 11 is 0. The van der Waals surface area contributed by atoms with E-state index in [-0.39, 0.29) is 17.4 Å². The van der Waals surface area contributed by atoms with E-state index in [2.05, 4.69) is 25.8 Å². The predicted octanol–water partition coefficient (Wildman–Crippen LogP) is 2.11. The molecule has 0 aliphatic heterocycles. The van der Waals surface area contributed by atoms with Gasteiger partial charge >= 0.3 is 0 Å². The minimum atomic E-state index is -0.268. The van der Waals surface area contributed by atoms with Gasteiger partial charge in [-0.3, -0.25) is 4.79 Å². The molecule has 2 aromatic heterocycles. The molecule has 0 fully saturated rings. The van der Waals surface area contributed by atoms with Crippen LogP contribution in [0.4, 0.5) is 10.2 Å². The number of hydrogen-bond donors (Lipinski definition) is 3. The van der Waals surface area contributed by atoms with E-state index in [9.17, 15) is 9.18 Å². The molecular formula is C16H16FN5O. The number of aromatic amines is 1. The van der Waals surface area contributed by atoms with Gasteiger partial charge in [-0.25, -0.2) is 4.39 Å². The van der Waals surface area contributed by atoms with Crippen LogP contribution in [0, 0.1) is 5.82 Å². The average Bonchev–Trinajstić information content (AvgIpc) is 2.97. The number of amides is 1. The molecule has 7 heteroatoms. The molecule has 0 aliphatic carbocycles. The van der Waals surface area contributed by atoms with Crippen LogP contribution < -0.4 is 10.6 Å². The standard InChI is InChI=1S/C16H16FN5O/c1-18-16(23)13-4-5-15(22-21-13)19-7-6-10-9-20-14-8-11(17)2-3-12(10)14/h2-5,8-9,20H,6-7H2,1H3,(H,18,23)(H,19,22). The Hall–Kier alpha value is -2.96. The number of hydrogen-bond acceptors (Lipinski definition) is 4. The summed E-state index contributed by atoms with van der Waals surface area (Å²) in [7, 11) is 1.54. The maximum Gasteiger partial charge on any atom is 0.271 e. The van der Waals surface area contributed by atoms with E-state index in [1.165, 1.54) is 12.1 Å². The third-order valence-corrected chi connectivity index (χ3v) is 3.55. The lowest BCUT2D eigenvalue weighted by atomic mass is 10.1. The number of halogens is 1. The van der Waals surface area contributed by atoms with Crippen molar-refractivity contribution < 1.29 is 9.18 Å². The van der Waals surface area contributed by atoms with Crippen molar-refractivity contribution in [2.45, 2.75) is 6.42 Å². The third kappa shape index (κ3) is 3.28. The summed E-state index contributed by atoms with van der Waals surface area (Å²) in [6, 6.07) is 8.03. The lowest BCUT2D eigenvalue weighted by Crippen LogP contribution is -2.19. The van der Waals surface area contributed by atoms with Gasteiger partial charge in [-0.15, -0.1) is 10.2 Å². The van der Waals surface area contributed by atoms with Crippen LogP contribution in [0.3, 0.4) is 0 Å². The topological polar surface area (TPSA) is 82.7 Å². The van der Waals surface area contributed by atoms with Gasteiger partial charge in [-0.05, 0) is 42.3 Å². The molecule has 3 rings (SSSR count). The molecule has 1 aromatic carbocycles. The zero-order chi connectivity index (χ0) is 16.2. The van der Waals surface area contributed by atoms with Gasteiger partial charge < -0.3 is 15.6 Å². The first kappa shape index (κ1) is 15.0. The molecule has 0 radical (unpaired) electrons. The quantitative estimate of drug-likeness (QED) is 0.674. The van der Waals surface area contributed by atoms with Crippen molar-refractivity contribution in [3.05, 3.63) is 53.6 Å². The van der Waals surface area contributed by atoms with Gasteiger partial charge in [0.25, 0.3) is 5.91 Å². The number of H-pyrrole nitrogens is 1. The highest BCUT2D eigenvalue weighted by molar-refractivity contribution is 5.91. The van der Waals surface area contributed by atoms with E-state index in [0.717, 1.165) is 22.9 Å². The van der Waals surface area contributed by atoms with E-state index in [1.807, 2.05) is 6.20 Å². The molecule has 0 bridgehead atoms. The second kappa shape index (κ2) is 6.43. The number of aromatic nitrogens is 3. The summed E-state index contributed by atoms with van der Waals surface area (Å²) < 4.78 is 13.2. The number of carbonyl (C=O) groups is 1. The maximum atomic E-state index is 13.2. The van der Waals surface area contributed by atoms with Crippen molar-refractivity contribution in [1.82, 2.24) is 20.5 Å². The van der Waals surface area contributed by atoms with Crippen molar-refractivity contribution >= 4 is 22.6 Å². The van der Waals surface area contributed by atoms with Gasteiger partial charge in [0, 0.05) is 30.7 Å². The second-order valence-electron chi connectivity index (χ2n) is 5.06. The summed E-state index contributed by atoms with van der Waals surface area (Å²) in [6.07, 6.45) is 2.64. The van der Waals surface area contributed by atoms with Crippen molar-refractivity contribution in [3.8, 4) is 0 Å². The van der Waals surface area contributed by atoms with Gasteiger partial charge in [0.1, 0.15) is 11.6 Å². The minimum Gasteiger partial charge on any atom is -0.368 e. The Kier molecular flexibility index (Phi) is 4.18. The summed E-state index contributed by atoms with van der Waals surface area (Å²) in [5.74, 6) is 0.0779. The Morgan fingerprint density at radius 3 is 2.87 bits per heavy atom. The van der Waals surface area contributed by atoms with Gasteiger partial charge in [0.05, 0.1) is 0 Å². The van der Waals surface area contributed by atoms with E-state index in [0.29, 0.717) is 12.4 Å². The molecular weight excluding hydrogens is 297 g/mol. The smallest absolute Gasteiger partial charge is 0.271 e. The molecule has 0 atom stereocenters. The zero-order valence-corrected chi connectivity index (χ0v) is 12.6. The Morgan fingerprint density at radius 2 is 2.13 bits per heavy atom. The zero-order valence-electron chi connectivity index (χ0n) is 12.6. The molecule has 0 saturated carbocycles. The summed E-state index contributed by atoms with van der Waals surface area (Å²) in [5, 5.41) is 14.5. The van der Waals surface area contributed by atoms with Crippen molar-refractivity contribution in [3.63, 3.8) is 0 Å². The van der Waals surface area contributed by atoms with Gasteiger partial charge in [0.2, 0.25) is 0 Å². The van der Waals surface area contributed by atoms with Crippen LogP contribution in [0.5, 0.6) is 0 Å². The van der Waals surface area contributed by atoms with Crippen LogP contribution in [-0.4, -0.2) is 34.7 Å². The first-order valence-corrected chi connectivity index (χ1v) is 7.22. The highest BCUT2D eigenvalue weighted by Crippen LogP contribution is 2.19. The summed E-state index contributed by atoms with van der Waals surface area (Å²) in [6.45, 7) is 0.651. The molecule has 0 unspecified atom stereocenters.